The molecule has 2 saturated heterocycles. The second kappa shape index (κ2) is 11.3. The Hall–Kier alpha value is -2.72. The fourth-order valence-corrected chi connectivity index (χ4v) is 4.78. The van der Waals surface area contributed by atoms with Crippen LogP contribution in [0.4, 0.5) is 10.5 Å². The molecule has 1 aliphatic carbocycles. The monoisotopic (exact) mass is 489 g/mol. The van der Waals surface area contributed by atoms with Crippen LogP contribution in [0.2, 0.25) is 0 Å². The van der Waals surface area contributed by atoms with Crippen LogP contribution >= 0.6 is 0 Å². The average molecular weight is 490 g/mol. The van der Waals surface area contributed by atoms with E-state index in [1.54, 1.807) is 0 Å². The number of nitro groups is 1. The Balaban J connectivity index is 1.34. The lowest BCUT2D eigenvalue weighted by Gasteiger charge is -2.36. The average Bonchev–Trinajstić information content (AvgIpc) is 3.64. The van der Waals surface area contributed by atoms with Gasteiger partial charge >= 0.3 is 6.09 Å². The summed E-state index contributed by atoms with van der Waals surface area (Å²) in [5.74, 6) is 0.230. The Morgan fingerprint density at radius 1 is 1.17 bits per heavy atom. The van der Waals surface area contributed by atoms with Crippen molar-refractivity contribution in [2.75, 3.05) is 32.9 Å². The van der Waals surface area contributed by atoms with Gasteiger partial charge in [-0.15, -0.1) is 0 Å². The maximum atomic E-state index is 13.4. The van der Waals surface area contributed by atoms with Crippen LogP contribution in [0.1, 0.15) is 51.0 Å². The number of carbonyl (C=O) groups is 2. The number of nitro benzene ring substituents is 1. The molecule has 2 atom stereocenters. The molecule has 2 amide bonds. The molecule has 4 rings (SSSR count). The number of alkyl carbamates (subject to hydrolysis) is 1. The summed E-state index contributed by atoms with van der Waals surface area (Å²) in [7, 11) is 0. The molecule has 1 N–H and O–H groups in total. The van der Waals surface area contributed by atoms with E-state index >= 15 is 0 Å². The summed E-state index contributed by atoms with van der Waals surface area (Å²) in [5, 5.41) is 13.5. The fraction of sp³-hybridized carbons (Fsp3) is 0.680. The Bertz CT molecular complexity index is 887. The lowest BCUT2D eigenvalue weighted by molar-refractivity contribution is -0.384. The van der Waals surface area contributed by atoms with Gasteiger partial charge in [0.1, 0.15) is 12.6 Å². The van der Waals surface area contributed by atoms with E-state index in [2.05, 4.69) is 5.32 Å². The first-order valence-corrected chi connectivity index (χ1v) is 12.5. The van der Waals surface area contributed by atoms with Gasteiger partial charge in [-0.3, -0.25) is 14.9 Å². The number of amides is 2. The number of piperidine rings is 1. The van der Waals surface area contributed by atoms with Gasteiger partial charge in [0.15, 0.2) is 0 Å². The predicted molar refractivity (Wildman–Crippen MR) is 127 cm³/mol. The van der Waals surface area contributed by atoms with E-state index < -0.39 is 23.2 Å². The second-order valence-electron chi connectivity index (χ2n) is 10.0. The molecule has 0 unspecified atom stereocenters. The number of hydrogen-bond acceptors (Lipinski definition) is 7. The molecular formula is C25H35N3O7. The van der Waals surface area contributed by atoms with E-state index in [0.717, 1.165) is 25.7 Å². The molecule has 2 aliphatic heterocycles. The highest BCUT2D eigenvalue weighted by Gasteiger charge is 2.46. The number of nitrogens with zero attached hydrogens (tertiary/aromatic N) is 2. The number of hydrogen-bond donors (Lipinski definition) is 1. The maximum absolute atomic E-state index is 13.4. The van der Waals surface area contributed by atoms with Crippen molar-refractivity contribution in [1.82, 2.24) is 10.2 Å². The minimum atomic E-state index is -0.854. The SMILES string of the molecule is C[C@@H](OCC1CCOCC1)[C@H](NC(=O)OCc1ccc([N+](=O)[O-])cc1)C(=O)N1CCC2(CC1)CC2. The van der Waals surface area contributed by atoms with Crippen molar-refractivity contribution in [2.24, 2.45) is 11.3 Å². The summed E-state index contributed by atoms with van der Waals surface area (Å²) >= 11 is 0. The van der Waals surface area contributed by atoms with Gasteiger partial charge in [-0.25, -0.2) is 4.79 Å². The van der Waals surface area contributed by atoms with Crippen molar-refractivity contribution in [3.8, 4) is 0 Å². The zero-order chi connectivity index (χ0) is 24.8. The Morgan fingerprint density at radius 3 is 2.43 bits per heavy atom. The van der Waals surface area contributed by atoms with E-state index in [0.29, 0.717) is 49.8 Å². The standard InChI is InChI=1S/C25H35N3O7/c1-18(34-16-20-6-14-33-15-7-20)22(23(29)27-12-10-25(8-9-25)11-13-27)26-24(30)35-17-19-2-4-21(5-3-19)28(31)32/h2-5,18,20,22H,6-17H2,1H3,(H,26,30)/t18-,22+/m1/s1. The van der Waals surface area contributed by atoms with E-state index in [1.807, 2.05) is 11.8 Å². The van der Waals surface area contributed by atoms with E-state index in [9.17, 15) is 19.7 Å². The van der Waals surface area contributed by atoms with Crippen molar-refractivity contribution < 1.29 is 28.7 Å². The van der Waals surface area contributed by atoms with E-state index in [4.69, 9.17) is 14.2 Å². The molecule has 0 aromatic heterocycles. The number of nitrogens with one attached hydrogen (secondary N) is 1. The van der Waals surface area contributed by atoms with Crippen molar-refractivity contribution in [2.45, 2.75) is 64.2 Å². The summed E-state index contributed by atoms with van der Waals surface area (Å²) in [4.78, 5) is 38.2. The maximum Gasteiger partial charge on any atom is 0.408 e. The van der Waals surface area contributed by atoms with E-state index in [-0.39, 0.29) is 18.2 Å². The van der Waals surface area contributed by atoms with Crippen LogP contribution < -0.4 is 5.32 Å². The molecule has 2 heterocycles. The van der Waals surface area contributed by atoms with Crippen LogP contribution in [0.5, 0.6) is 0 Å². The first-order chi connectivity index (χ1) is 16.8. The normalized spacial score (nSPS) is 21.2. The van der Waals surface area contributed by atoms with Gasteiger partial charge in [-0.2, -0.15) is 0 Å². The van der Waals surface area contributed by atoms with Gasteiger partial charge in [-0.1, -0.05) is 0 Å². The number of non-ortho nitro benzene ring substituents is 1. The van der Waals surface area contributed by atoms with Gasteiger partial charge in [0.2, 0.25) is 5.91 Å². The third-order valence-electron chi connectivity index (χ3n) is 7.55. The zero-order valence-electron chi connectivity index (χ0n) is 20.3. The summed E-state index contributed by atoms with van der Waals surface area (Å²) in [6.45, 7) is 5.08. The molecule has 10 heteroatoms. The fourth-order valence-electron chi connectivity index (χ4n) is 4.78. The largest absolute Gasteiger partial charge is 0.445 e. The van der Waals surface area contributed by atoms with Crippen molar-refractivity contribution in [3.05, 3.63) is 39.9 Å². The third kappa shape index (κ3) is 6.91. The molecule has 0 bridgehead atoms. The van der Waals surface area contributed by atoms with Crippen LogP contribution in [0.15, 0.2) is 24.3 Å². The molecule has 35 heavy (non-hydrogen) atoms. The number of rotatable bonds is 9. The zero-order valence-corrected chi connectivity index (χ0v) is 20.3. The molecule has 192 valence electrons. The number of carbonyl (C=O) groups excluding carboxylic acids is 2. The lowest BCUT2D eigenvalue weighted by atomic mass is 9.93. The third-order valence-corrected chi connectivity index (χ3v) is 7.55. The quantitative estimate of drug-likeness (QED) is 0.417. The predicted octanol–water partition coefficient (Wildman–Crippen LogP) is 3.42. The molecular weight excluding hydrogens is 454 g/mol. The van der Waals surface area contributed by atoms with Gasteiger partial charge in [0.25, 0.3) is 5.69 Å². The van der Waals surface area contributed by atoms with Gasteiger partial charge in [-0.05, 0) is 74.5 Å². The van der Waals surface area contributed by atoms with E-state index in [1.165, 1.54) is 37.1 Å². The molecule has 10 nitrogen and oxygen atoms in total. The first kappa shape index (κ1) is 25.4. The highest BCUT2D eigenvalue weighted by molar-refractivity contribution is 5.86. The van der Waals surface area contributed by atoms with Crippen molar-refractivity contribution >= 4 is 17.7 Å². The van der Waals surface area contributed by atoms with Gasteiger partial charge in [0, 0.05) is 38.4 Å². The smallest absolute Gasteiger partial charge is 0.408 e. The van der Waals surface area contributed by atoms with Crippen LogP contribution in [0.3, 0.4) is 0 Å². The molecule has 3 aliphatic rings. The summed E-state index contributed by atoms with van der Waals surface area (Å²) in [6, 6.07) is 4.94. The summed E-state index contributed by atoms with van der Waals surface area (Å²) in [5.41, 5.74) is 1.02. The Labute approximate surface area is 205 Å². The molecule has 1 saturated carbocycles. The van der Waals surface area contributed by atoms with Crippen LogP contribution in [-0.2, 0) is 25.6 Å². The minimum Gasteiger partial charge on any atom is -0.445 e. The first-order valence-electron chi connectivity index (χ1n) is 12.5. The summed E-state index contributed by atoms with van der Waals surface area (Å²) < 4.78 is 16.8. The lowest BCUT2D eigenvalue weighted by Crippen LogP contribution is -2.56. The Kier molecular flexibility index (Phi) is 8.22. The van der Waals surface area contributed by atoms with Gasteiger partial charge in [0.05, 0.1) is 17.6 Å². The highest BCUT2D eigenvalue weighted by atomic mass is 16.6. The number of likely N-dealkylation sites (tertiary alicyclic amines) is 1. The number of ether oxygens (including phenoxy) is 3. The molecule has 3 fully saturated rings. The Morgan fingerprint density at radius 2 is 1.83 bits per heavy atom. The molecule has 0 radical (unpaired) electrons. The van der Waals surface area contributed by atoms with Gasteiger partial charge < -0.3 is 24.4 Å². The van der Waals surface area contributed by atoms with Crippen LogP contribution in [0.25, 0.3) is 0 Å². The topological polar surface area (TPSA) is 120 Å². The molecule has 1 aromatic rings. The molecule has 1 spiro atoms. The molecule has 1 aromatic carbocycles. The second-order valence-corrected chi connectivity index (χ2v) is 10.0. The van der Waals surface area contributed by atoms with Crippen LogP contribution in [0, 0.1) is 21.4 Å². The highest BCUT2D eigenvalue weighted by Crippen LogP contribution is 2.53. The van der Waals surface area contributed by atoms with Crippen LogP contribution in [-0.4, -0.2) is 66.9 Å². The van der Waals surface area contributed by atoms with Crippen molar-refractivity contribution in [3.63, 3.8) is 0 Å². The number of benzene rings is 1. The summed E-state index contributed by atoms with van der Waals surface area (Å²) in [6.07, 6.45) is 5.11. The van der Waals surface area contributed by atoms with Crippen molar-refractivity contribution in [1.29, 1.82) is 0 Å². The minimum absolute atomic E-state index is 0.0335.